The van der Waals surface area contributed by atoms with Gasteiger partial charge in [-0.25, -0.2) is 0 Å². The Labute approximate surface area is 108 Å². The molecule has 1 atom stereocenters. The van der Waals surface area contributed by atoms with Crippen LogP contribution in [0.5, 0.6) is 0 Å². The zero-order chi connectivity index (χ0) is 13.8. The summed E-state index contributed by atoms with van der Waals surface area (Å²) in [6, 6.07) is 0.490. The molecule has 2 nitrogen and oxygen atoms in total. The lowest BCUT2D eigenvalue weighted by molar-refractivity contribution is -0.137. The fraction of sp³-hybridized carbons (Fsp3) is 1.00. The van der Waals surface area contributed by atoms with Gasteiger partial charge in [0.25, 0.3) is 0 Å². The largest absolute Gasteiger partial charge is 0.389 e. The first-order valence-corrected chi connectivity index (χ1v) is 6.78. The first-order valence-electron chi connectivity index (χ1n) is 6.78. The predicted molar refractivity (Wildman–Crippen MR) is 67.4 cm³/mol. The van der Waals surface area contributed by atoms with Gasteiger partial charge in [0.15, 0.2) is 0 Å². The van der Waals surface area contributed by atoms with Crippen LogP contribution in [0.2, 0.25) is 0 Å². The fourth-order valence-electron chi connectivity index (χ4n) is 2.82. The molecule has 1 saturated carbocycles. The van der Waals surface area contributed by atoms with E-state index >= 15 is 0 Å². The lowest BCUT2D eigenvalue weighted by Crippen LogP contribution is -2.53. The van der Waals surface area contributed by atoms with E-state index in [1.807, 2.05) is 14.0 Å². The highest BCUT2D eigenvalue weighted by atomic mass is 19.4. The molecule has 0 aromatic carbocycles. The molecule has 1 aliphatic rings. The highest BCUT2D eigenvalue weighted by molar-refractivity contribution is 4.91. The van der Waals surface area contributed by atoms with E-state index in [2.05, 4.69) is 4.90 Å². The van der Waals surface area contributed by atoms with Gasteiger partial charge in [0.1, 0.15) is 0 Å². The second kappa shape index (κ2) is 6.24. The van der Waals surface area contributed by atoms with Crippen LogP contribution in [0.25, 0.3) is 0 Å². The van der Waals surface area contributed by atoms with Crippen molar-refractivity contribution < 1.29 is 13.2 Å². The Balaban J connectivity index is 2.49. The Morgan fingerprint density at radius 1 is 1.17 bits per heavy atom. The Morgan fingerprint density at radius 3 is 2.17 bits per heavy atom. The van der Waals surface area contributed by atoms with Crippen molar-refractivity contribution in [3.05, 3.63) is 0 Å². The number of alkyl halides is 3. The maximum Gasteiger partial charge on any atom is 0.389 e. The van der Waals surface area contributed by atoms with E-state index < -0.39 is 12.6 Å². The summed E-state index contributed by atoms with van der Waals surface area (Å²) in [6.45, 7) is 2.40. The van der Waals surface area contributed by atoms with E-state index in [-0.39, 0.29) is 12.0 Å². The minimum atomic E-state index is -4.05. The van der Waals surface area contributed by atoms with Crippen LogP contribution in [0.3, 0.4) is 0 Å². The number of hydrogen-bond acceptors (Lipinski definition) is 2. The van der Waals surface area contributed by atoms with Crippen molar-refractivity contribution in [1.82, 2.24) is 4.90 Å². The Kier molecular flexibility index (Phi) is 5.46. The maximum absolute atomic E-state index is 12.2. The van der Waals surface area contributed by atoms with Crippen molar-refractivity contribution in [1.29, 1.82) is 0 Å². The molecule has 1 rings (SSSR count). The van der Waals surface area contributed by atoms with Crippen molar-refractivity contribution in [3.63, 3.8) is 0 Å². The number of hydrogen-bond donors (Lipinski definition) is 1. The normalized spacial score (nSPS) is 21.5. The summed E-state index contributed by atoms with van der Waals surface area (Å²) < 4.78 is 36.6. The monoisotopic (exact) mass is 266 g/mol. The first-order chi connectivity index (χ1) is 8.28. The van der Waals surface area contributed by atoms with E-state index in [1.54, 1.807) is 0 Å². The molecule has 0 aromatic heterocycles. The van der Waals surface area contributed by atoms with Gasteiger partial charge in [-0.05, 0) is 39.7 Å². The number of halogens is 3. The van der Waals surface area contributed by atoms with Gasteiger partial charge in [-0.2, -0.15) is 13.2 Å². The molecule has 0 bridgehead atoms. The standard InChI is InChI=1S/C13H25F3N2/c1-12(10-17,8-5-9-13(14,15)16)18(2)11-6-3-4-7-11/h11H,3-10,17H2,1-2H3. The molecule has 0 saturated heterocycles. The van der Waals surface area contributed by atoms with Crippen molar-refractivity contribution in [2.45, 2.75) is 69.6 Å². The molecule has 0 aliphatic heterocycles. The average Bonchev–Trinajstić information content (AvgIpc) is 2.79. The van der Waals surface area contributed by atoms with Gasteiger partial charge in [0, 0.05) is 24.5 Å². The number of nitrogens with zero attached hydrogens (tertiary/aromatic N) is 1. The molecule has 0 aromatic rings. The highest BCUT2D eigenvalue weighted by Gasteiger charge is 2.35. The molecule has 0 spiro atoms. The maximum atomic E-state index is 12.2. The molecule has 5 heteroatoms. The summed E-state index contributed by atoms with van der Waals surface area (Å²) in [5, 5.41) is 0. The third-order valence-electron chi connectivity index (χ3n) is 4.34. The second-order valence-electron chi connectivity index (χ2n) is 5.72. The first kappa shape index (κ1) is 15.8. The molecule has 0 amide bonds. The van der Waals surface area contributed by atoms with Gasteiger partial charge in [-0.1, -0.05) is 12.8 Å². The van der Waals surface area contributed by atoms with Gasteiger partial charge in [0.05, 0.1) is 0 Å². The van der Waals surface area contributed by atoms with E-state index in [9.17, 15) is 13.2 Å². The molecule has 1 unspecified atom stereocenters. The molecular weight excluding hydrogens is 241 g/mol. The minimum Gasteiger partial charge on any atom is -0.329 e. The Bertz CT molecular complexity index is 249. The summed E-state index contributed by atoms with van der Waals surface area (Å²) in [5.41, 5.74) is 5.50. The van der Waals surface area contributed by atoms with Gasteiger partial charge in [-0.3, -0.25) is 4.90 Å². The Hall–Kier alpha value is -0.290. The van der Waals surface area contributed by atoms with Crippen LogP contribution in [0.4, 0.5) is 13.2 Å². The van der Waals surface area contributed by atoms with Crippen molar-refractivity contribution >= 4 is 0 Å². The number of nitrogens with two attached hydrogens (primary N) is 1. The molecule has 1 aliphatic carbocycles. The van der Waals surface area contributed by atoms with E-state index in [0.717, 1.165) is 12.8 Å². The smallest absolute Gasteiger partial charge is 0.329 e. The molecular formula is C13H25F3N2. The van der Waals surface area contributed by atoms with Gasteiger partial charge >= 0.3 is 6.18 Å². The SMILES string of the molecule is CN(C1CCCC1)C(C)(CN)CCCC(F)(F)F. The van der Waals surface area contributed by atoms with E-state index in [0.29, 0.717) is 19.0 Å². The fourth-order valence-corrected chi connectivity index (χ4v) is 2.82. The lowest BCUT2D eigenvalue weighted by Gasteiger charge is -2.42. The predicted octanol–water partition coefficient (Wildman–Crippen LogP) is 3.31. The van der Waals surface area contributed by atoms with E-state index in [1.165, 1.54) is 12.8 Å². The third-order valence-corrected chi connectivity index (χ3v) is 4.34. The summed E-state index contributed by atoms with van der Waals surface area (Å²) in [4.78, 5) is 2.22. The van der Waals surface area contributed by atoms with Crippen LogP contribution in [0, 0.1) is 0 Å². The van der Waals surface area contributed by atoms with Crippen molar-refractivity contribution in [2.75, 3.05) is 13.6 Å². The minimum absolute atomic E-state index is 0.161. The lowest BCUT2D eigenvalue weighted by atomic mass is 9.91. The van der Waals surface area contributed by atoms with Crippen LogP contribution in [-0.4, -0.2) is 36.2 Å². The van der Waals surface area contributed by atoms with Gasteiger partial charge in [0.2, 0.25) is 0 Å². The molecule has 18 heavy (non-hydrogen) atoms. The van der Waals surface area contributed by atoms with Crippen molar-refractivity contribution in [3.8, 4) is 0 Å². The molecule has 0 heterocycles. The summed E-state index contributed by atoms with van der Waals surface area (Å²) >= 11 is 0. The van der Waals surface area contributed by atoms with Gasteiger partial charge < -0.3 is 5.73 Å². The van der Waals surface area contributed by atoms with Crippen LogP contribution >= 0.6 is 0 Å². The molecule has 1 fully saturated rings. The third kappa shape index (κ3) is 4.43. The second-order valence-corrected chi connectivity index (χ2v) is 5.72. The quantitative estimate of drug-likeness (QED) is 0.799. The van der Waals surface area contributed by atoms with Crippen LogP contribution in [-0.2, 0) is 0 Å². The van der Waals surface area contributed by atoms with Gasteiger partial charge in [-0.15, -0.1) is 0 Å². The topological polar surface area (TPSA) is 29.3 Å². The number of likely N-dealkylation sites (N-methyl/N-ethyl adjacent to an activating group) is 1. The average molecular weight is 266 g/mol. The summed E-state index contributed by atoms with van der Waals surface area (Å²) in [7, 11) is 2.01. The number of rotatable bonds is 6. The molecule has 0 radical (unpaired) electrons. The zero-order valence-electron chi connectivity index (χ0n) is 11.4. The van der Waals surface area contributed by atoms with Crippen LogP contribution < -0.4 is 5.73 Å². The van der Waals surface area contributed by atoms with Crippen LogP contribution in [0.15, 0.2) is 0 Å². The van der Waals surface area contributed by atoms with E-state index in [4.69, 9.17) is 5.73 Å². The summed E-state index contributed by atoms with van der Waals surface area (Å²) in [5.74, 6) is 0. The van der Waals surface area contributed by atoms with Crippen LogP contribution in [0.1, 0.15) is 51.9 Å². The molecule has 2 N–H and O–H groups in total. The molecule has 108 valence electrons. The highest BCUT2D eigenvalue weighted by Crippen LogP contribution is 2.32. The zero-order valence-corrected chi connectivity index (χ0v) is 11.4. The summed E-state index contributed by atoms with van der Waals surface area (Å²) in [6.07, 6.45) is 0.639. The van der Waals surface area contributed by atoms with Crippen molar-refractivity contribution in [2.24, 2.45) is 5.73 Å². The Morgan fingerprint density at radius 2 is 1.72 bits per heavy atom.